The summed E-state index contributed by atoms with van der Waals surface area (Å²) < 4.78 is 5.32. The van der Waals surface area contributed by atoms with Crippen LogP contribution in [0.3, 0.4) is 0 Å². The molecule has 0 amide bonds. The molecule has 14 heavy (non-hydrogen) atoms. The molecule has 0 spiro atoms. The van der Waals surface area contributed by atoms with E-state index in [-0.39, 0.29) is 5.41 Å². The predicted octanol–water partition coefficient (Wildman–Crippen LogP) is 1.62. The molecule has 1 aliphatic heterocycles. The van der Waals surface area contributed by atoms with Crippen LogP contribution in [0.1, 0.15) is 11.5 Å². The van der Waals surface area contributed by atoms with Gasteiger partial charge in [0.2, 0.25) is 0 Å². The molecule has 0 unspecified atom stereocenters. The molecule has 1 saturated heterocycles. The Labute approximate surface area is 82.9 Å². The predicted molar refractivity (Wildman–Crippen MR) is 52.0 cm³/mol. The second-order valence-electron chi connectivity index (χ2n) is 4.24. The number of carbonyl (C=O) groups excluding carboxylic acids is 1. The number of ether oxygens (including phenoxy) is 1. The number of hydrogen-bond donors (Lipinski definition) is 0. The Balaban J connectivity index is 1.94. The lowest BCUT2D eigenvalue weighted by Gasteiger charge is -2.07. The van der Waals surface area contributed by atoms with Gasteiger partial charge in [-0.3, -0.25) is 0 Å². The van der Waals surface area contributed by atoms with Crippen molar-refractivity contribution in [1.82, 2.24) is 0 Å². The first-order valence-electron chi connectivity index (χ1n) is 4.97. The molecule has 0 N–H and O–H groups in total. The average Bonchev–Trinajstić information content (AvgIpc) is 2.69. The lowest BCUT2D eigenvalue weighted by atomic mass is 10.0. The second kappa shape index (κ2) is 2.67. The number of hydrogen-bond acceptors (Lipinski definition) is 2. The van der Waals surface area contributed by atoms with Crippen LogP contribution in [0.25, 0.3) is 0 Å². The van der Waals surface area contributed by atoms with Crippen LogP contribution in [-0.4, -0.2) is 19.5 Å². The fourth-order valence-electron chi connectivity index (χ4n) is 2.75. The average molecular weight is 188 g/mol. The first kappa shape index (κ1) is 8.18. The van der Waals surface area contributed by atoms with Crippen LogP contribution in [-0.2, 0) is 9.53 Å². The van der Waals surface area contributed by atoms with Crippen molar-refractivity contribution < 1.29 is 9.53 Å². The van der Waals surface area contributed by atoms with Crippen LogP contribution in [0.5, 0.6) is 0 Å². The smallest absolute Gasteiger partial charge is 0.129 e. The van der Waals surface area contributed by atoms with Gasteiger partial charge in [-0.1, -0.05) is 30.3 Å². The minimum atomic E-state index is -0.179. The van der Waals surface area contributed by atoms with E-state index in [9.17, 15) is 4.79 Å². The van der Waals surface area contributed by atoms with Gasteiger partial charge in [0.15, 0.2) is 0 Å². The number of carbonyl (C=O) groups is 1. The van der Waals surface area contributed by atoms with Crippen molar-refractivity contribution in [3.8, 4) is 0 Å². The minimum absolute atomic E-state index is 0.179. The molecule has 3 atom stereocenters. The summed E-state index contributed by atoms with van der Waals surface area (Å²) >= 11 is 0. The molecule has 2 heteroatoms. The van der Waals surface area contributed by atoms with E-state index >= 15 is 0 Å². The lowest BCUT2D eigenvalue weighted by Crippen LogP contribution is -2.10. The van der Waals surface area contributed by atoms with Crippen LogP contribution in [0, 0.1) is 11.3 Å². The van der Waals surface area contributed by atoms with E-state index in [1.54, 1.807) is 0 Å². The molecule has 0 bridgehead atoms. The molecule has 0 radical (unpaired) electrons. The maximum Gasteiger partial charge on any atom is 0.129 e. The molecule has 72 valence electrons. The standard InChI is InChI=1S/C12H12O2/c13-7-12-8-14-6-10(12)11(12)9-4-2-1-3-5-9/h1-5,7,10-11H,6,8H2/t10-,11-,12-/m0/s1. The molecule has 1 heterocycles. The maximum absolute atomic E-state index is 11.1. The van der Waals surface area contributed by atoms with Crippen molar-refractivity contribution in [2.75, 3.05) is 13.2 Å². The Kier molecular flexibility index (Phi) is 1.56. The van der Waals surface area contributed by atoms with Gasteiger partial charge in [-0.05, 0) is 5.56 Å². The van der Waals surface area contributed by atoms with Crippen molar-refractivity contribution in [1.29, 1.82) is 0 Å². The van der Waals surface area contributed by atoms with Gasteiger partial charge in [0.05, 0.1) is 18.6 Å². The van der Waals surface area contributed by atoms with Gasteiger partial charge in [0.1, 0.15) is 6.29 Å². The summed E-state index contributed by atoms with van der Waals surface area (Å²) in [5, 5.41) is 0. The zero-order valence-electron chi connectivity index (χ0n) is 7.85. The molecule has 1 aliphatic carbocycles. The van der Waals surface area contributed by atoms with Crippen LogP contribution in [0.2, 0.25) is 0 Å². The highest BCUT2D eigenvalue weighted by molar-refractivity contribution is 5.70. The van der Waals surface area contributed by atoms with Crippen LogP contribution < -0.4 is 0 Å². The van der Waals surface area contributed by atoms with Gasteiger partial charge in [-0.25, -0.2) is 0 Å². The summed E-state index contributed by atoms with van der Waals surface area (Å²) in [6, 6.07) is 10.3. The van der Waals surface area contributed by atoms with Crippen molar-refractivity contribution in [3.05, 3.63) is 35.9 Å². The Morgan fingerprint density at radius 3 is 2.79 bits per heavy atom. The molecule has 1 aromatic rings. The maximum atomic E-state index is 11.1. The van der Waals surface area contributed by atoms with Crippen LogP contribution >= 0.6 is 0 Å². The summed E-state index contributed by atoms with van der Waals surface area (Å²) in [5.74, 6) is 0.845. The summed E-state index contributed by atoms with van der Waals surface area (Å²) in [4.78, 5) is 11.1. The molecule has 1 aromatic carbocycles. The van der Waals surface area contributed by atoms with Crippen molar-refractivity contribution in [3.63, 3.8) is 0 Å². The number of rotatable bonds is 2. The first-order valence-corrected chi connectivity index (χ1v) is 4.97. The third kappa shape index (κ3) is 0.867. The van der Waals surface area contributed by atoms with E-state index in [2.05, 4.69) is 12.1 Å². The molecule has 0 aromatic heterocycles. The normalized spacial score (nSPS) is 39.1. The molecule has 1 saturated carbocycles. The summed E-state index contributed by atoms with van der Waals surface area (Å²) in [6.07, 6.45) is 1.10. The molecular formula is C12H12O2. The molecule has 3 rings (SSSR count). The molecule has 2 fully saturated rings. The van der Waals surface area contributed by atoms with Crippen LogP contribution in [0.4, 0.5) is 0 Å². The van der Waals surface area contributed by atoms with E-state index < -0.39 is 0 Å². The monoisotopic (exact) mass is 188 g/mol. The van der Waals surface area contributed by atoms with E-state index in [1.165, 1.54) is 5.56 Å². The topological polar surface area (TPSA) is 26.3 Å². The Hall–Kier alpha value is -1.15. The third-order valence-electron chi connectivity index (χ3n) is 3.59. The number of fused-ring (bicyclic) bond motifs is 1. The third-order valence-corrected chi connectivity index (χ3v) is 3.59. The van der Waals surface area contributed by atoms with Crippen molar-refractivity contribution >= 4 is 6.29 Å². The molecular weight excluding hydrogens is 176 g/mol. The quantitative estimate of drug-likeness (QED) is 0.659. The highest BCUT2D eigenvalue weighted by atomic mass is 16.5. The van der Waals surface area contributed by atoms with E-state index in [0.29, 0.717) is 18.4 Å². The van der Waals surface area contributed by atoms with E-state index in [1.807, 2.05) is 18.2 Å². The minimum Gasteiger partial charge on any atom is -0.380 e. The highest BCUT2D eigenvalue weighted by Gasteiger charge is 2.68. The summed E-state index contributed by atoms with van der Waals surface area (Å²) in [5.41, 5.74) is 1.11. The molecule has 2 aliphatic rings. The van der Waals surface area contributed by atoms with Crippen molar-refractivity contribution in [2.45, 2.75) is 5.92 Å². The highest BCUT2D eigenvalue weighted by Crippen LogP contribution is 2.66. The largest absolute Gasteiger partial charge is 0.380 e. The Morgan fingerprint density at radius 2 is 2.14 bits per heavy atom. The first-order chi connectivity index (χ1) is 6.88. The fourth-order valence-corrected chi connectivity index (χ4v) is 2.75. The Bertz CT molecular complexity index is 360. The van der Waals surface area contributed by atoms with Crippen molar-refractivity contribution in [2.24, 2.45) is 11.3 Å². The Morgan fingerprint density at radius 1 is 1.36 bits per heavy atom. The van der Waals surface area contributed by atoms with Gasteiger partial charge in [0, 0.05) is 11.8 Å². The van der Waals surface area contributed by atoms with Gasteiger partial charge < -0.3 is 9.53 Å². The van der Waals surface area contributed by atoms with E-state index in [4.69, 9.17) is 4.74 Å². The van der Waals surface area contributed by atoms with Gasteiger partial charge in [-0.15, -0.1) is 0 Å². The SMILES string of the molecule is O=C[C@]12COC[C@H]1[C@@H]2c1ccccc1. The lowest BCUT2D eigenvalue weighted by molar-refractivity contribution is -0.113. The van der Waals surface area contributed by atoms with Gasteiger partial charge in [0.25, 0.3) is 0 Å². The second-order valence-corrected chi connectivity index (χ2v) is 4.24. The zero-order valence-corrected chi connectivity index (χ0v) is 7.85. The fraction of sp³-hybridized carbons (Fsp3) is 0.417. The summed E-state index contributed by atoms with van der Waals surface area (Å²) in [7, 11) is 0. The van der Waals surface area contributed by atoms with E-state index in [0.717, 1.165) is 12.9 Å². The van der Waals surface area contributed by atoms with Crippen LogP contribution in [0.15, 0.2) is 30.3 Å². The molecule has 2 nitrogen and oxygen atoms in total. The van der Waals surface area contributed by atoms with Gasteiger partial charge in [-0.2, -0.15) is 0 Å². The summed E-state index contributed by atoms with van der Waals surface area (Å²) in [6.45, 7) is 1.36. The zero-order chi connectivity index (χ0) is 9.60. The van der Waals surface area contributed by atoms with Gasteiger partial charge >= 0.3 is 0 Å². The number of benzene rings is 1. The number of aldehydes is 1.